The first-order valence-electron chi connectivity index (χ1n) is 11.4. The Hall–Kier alpha value is -3.68. The van der Waals surface area contributed by atoms with E-state index in [0.29, 0.717) is 28.0 Å². The average molecular weight is 461 g/mol. The van der Waals surface area contributed by atoms with Crippen molar-refractivity contribution in [2.24, 2.45) is 0 Å². The van der Waals surface area contributed by atoms with E-state index in [9.17, 15) is 9.18 Å². The molecular formula is C26H29FN6O. The highest BCUT2D eigenvalue weighted by atomic mass is 19.1. The molecule has 0 aliphatic carbocycles. The van der Waals surface area contributed by atoms with Gasteiger partial charge in [0.1, 0.15) is 11.5 Å². The van der Waals surface area contributed by atoms with E-state index in [4.69, 9.17) is 0 Å². The van der Waals surface area contributed by atoms with Crippen LogP contribution >= 0.6 is 0 Å². The van der Waals surface area contributed by atoms with Gasteiger partial charge in [-0.2, -0.15) is 0 Å². The number of hydrogen-bond acceptors (Lipinski definition) is 6. The van der Waals surface area contributed by atoms with Crippen LogP contribution in [0.3, 0.4) is 0 Å². The van der Waals surface area contributed by atoms with Crippen molar-refractivity contribution in [3.05, 3.63) is 70.6 Å². The predicted molar refractivity (Wildman–Crippen MR) is 132 cm³/mol. The van der Waals surface area contributed by atoms with Crippen molar-refractivity contribution >= 4 is 29.5 Å². The van der Waals surface area contributed by atoms with Gasteiger partial charge in [-0.25, -0.2) is 19.0 Å². The largest absolute Gasteiger partial charge is 0.341 e. The van der Waals surface area contributed by atoms with E-state index in [2.05, 4.69) is 31.8 Å². The zero-order valence-electron chi connectivity index (χ0n) is 20.0. The molecule has 0 amide bonds. The van der Waals surface area contributed by atoms with Crippen molar-refractivity contribution in [3.8, 4) is 0 Å². The third-order valence-corrected chi connectivity index (χ3v) is 6.36. The Balaban J connectivity index is 1.55. The van der Waals surface area contributed by atoms with Crippen molar-refractivity contribution in [2.45, 2.75) is 46.6 Å². The molecule has 3 aromatic rings. The van der Waals surface area contributed by atoms with Crippen molar-refractivity contribution in [1.29, 1.82) is 0 Å². The molecule has 0 spiro atoms. The number of aromatic nitrogens is 5. The quantitative estimate of drug-likeness (QED) is 0.478. The van der Waals surface area contributed by atoms with Crippen molar-refractivity contribution in [2.75, 3.05) is 18.0 Å². The highest BCUT2D eigenvalue weighted by Gasteiger charge is 2.25. The molecule has 1 saturated heterocycles. The minimum absolute atomic E-state index is 0.151. The van der Waals surface area contributed by atoms with Crippen LogP contribution in [0.5, 0.6) is 0 Å². The third kappa shape index (κ3) is 4.53. The number of benzene rings is 1. The van der Waals surface area contributed by atoms with Crippen LogP contribution in [0, 0.1) is 19.7 Å². The molecule has 4 rings (SSSR count). The van der Waals surface area contributed by atoms with Gasteiger partial charge in [-0.1, -0.05) is 23.9 Å². The summed E-state index contributed by atoms with van der Waals surface area (Å²) in [6, 6.07) is 3.49. The van der Waals surface area contributed by atoms with Crippen molar-refractivity contribution < 1.29 is 9.18 Å². The molecule has 176 valence electrons. The first-order valence-corrected chi connectivity index (χ1v) is 11.4. The molecular weight excluding hydrogens is 431 g/mol. The summed E-state index contributed by atoms with van der Waals surface area (Å²) in [6.45, 7) is 12.5. The summed E-state index contributed by atoms with van der Waals surface area (Å²) in [5, 5.41) is 8.77. The first kappa shape index (κ1) is 23.5. The molecule has 0 atom stereocenters. The number of carbonyl (C=O) groups is 1. The van der Waals surface area contributed by atoms with Gasteiger partial charge in [0, 0.05) is 36.6 Å². The van der Waals surface area contributed by atoms with E-state index in [0.717, 1.165) is 43.1 Å². The Morgan fingerprint density at radius 2 is 1.76 bits per heavy atom. The molecule has 0 N–H and O–H groups in total. The summed E-state index contributed by atoms with van der Waals surface area (Å²) in [5.74, 6) is 0.208. The summed E-state index contributed by atoms with van der Waals surface area (Å²) in [5.41, 5.74) is 4.39. The number of Topliss-reactive ketones (excluding diaryl/α,β-unsaturated/α-hetero) is 1. The number of carbonyl (C=O) groups excluding carboxylic acids is 1. The molecule has 8 heteroatoms. The van der Waals surface area contributed by atoms with E-state index in [1.807, 2.05) is 37.0 Å². The zero-order chi connectivity index (χ0) is 24.4. The second-order valence-electron chi connectivity index (χ2n) is 8.77. The van der Waals surface area contributed by atoms with E-state index in [1.165, 1.54) is 6.92 Å². The number of nitrogens with zero attached hydrogens (tertiary/aromatic N) is 6. The second kappa shape index (κ2) is 9.67. The second-order valence-corrected chi connectivity index (χ2v) is 8.77. The molecule has 1 fully saturated rings. The summed E-state index contributed by atoms with van der Waals surface area (Å²) in [6.07, 6.45) is 8.99. The van der Waals surface area contributed by atoms with Crippen molar-refractivity contribution in [1.82, 2.24) is 25.0 Å². The number of halogens is 1. The fourth-order valence-corrected chi connectivity index (χ4v) is 4.40. The molecule has 0 bridgehead atoms. The van der Waals surface area contributed by atoms with Crippen molar-refractivity contribution in [3.63, 3.8) is 0 Å². The number of anilines is 1. The van der Waals surface area contributed by atoms with Gasteiger partial charge in [0.25, 0.3) is 0 Å². The van der Waals surface area contributed by atoms with E-state index >= 15 is 0 Å². The molecule has 1 aromatic carbocycles. The molecule has 7 nitrogen and oxygen atoms in total. The molecule has 0 unspecified atom stereocenters. The van der Waals surface area contributed by atoms with Gasteiger partial charge in [-0.3, -0.25) is 4.79 Å². The maximum atomic E-state index is 15.0. The molecule has 0 radical (unpaired) electrons. The van der Waals surface area contributed by atoms with Gasteiger partial charge in [-0.15, -0.1) is 5.10 Å². The lowest BCUT2D eigenvalue weighted by Crippen LogP contribution is -2.36. The highest BCUT2D eigenvalue weighted by Crippen LogP contribution is 2.29. The van der Waals surface area contributed by atoms with Crippen LogP contribution in [-0.4, -0.2) is 43.8 Å². The Morgan fingerprint density at radius 1 is 1.12 bits per heavy atom. The monoisotopic (exact) mass is 460 g/mol. The Morgan fingerprint density at radius 3 is 2.38 bits per heavy atom. The Kier molecular flexibility index (Phi) is 6.68. The molecule has 1 aliphatic heterocycles. The average Bonchev–Trinajstić information content (AvgIpc) is 3.23. The standard InChI is InChI=1S/C26H29FN6O/c1-6-24-23(13-17(3)21-7-8-22(19(5)34)18(4)25(21)27)30-31-33(24)20-9-11-32(12-10-20)26-28-14-16(2)15-29-26/h6-8,13-15,20H,1,9-12H2,2-5H3/b17-13+. The highest BCUT2D eigenvalue weighted by molar-refractivity contribution is 5.96. The fraction of sp³-hybridized carbons (Fsp3) is 0.346. The van der Waals surface area contributed by atoms with Crippen LogP contribution in [0.2, 0.25) is 0 Å². The molecule has 1 aliphatic rings. The molecule has 2 aromatic heterocycles. The Labute approximate surface area is 199 Å². The van der Waals surface area contributed by atoms with Crippen LogP contribution < -0.4 is 4.90 Å². The van der Waals surface area contributed by atoms with Crippen LogP contribution in [0.15, 0.2) is 31.1 Å². The predicted octanol–water partition coefficient (Wildman–Crippen LogP) is 5.07. The third-order valence-electron chi connectivity index (χ3n) is 6.36. The normalized spacial score (nSPS) is 15.0. The zero-order valence-corrected chi connectivity index (χ0v) is 20.0. The molecule has 0 saturated carbocycles. The number of piperidine rings is 1. The van der Waals surface area contributed by atoms with Crippen LogP contribution in [0.1, 0.15) is 71.2 Å². The summed E-state index contributed by atoms with van der Waals surface area (Å²) < 4.78 is 16.9. The van der Waals surface area contributed by atoms with E-state index < -0.39 is 0 Å². The van der Waals surface area contributed by atoms with Gasteiger partial charge >= 0.3 is 0 Å². The summed E-state index contributed by atoms with van der Waals surface area (Å²) in [4.78, 5) is 22.8. The van der Waals surface area contributed by atoms with Gasteiger partial charge in [0.05, 0.1) is 11.7 Å². The number of rotatable bonds is 6. The lowest BCUT2D eigenvalue weighted by Gasteiger charge is -2.32. The number of ketones is 1. The molecule has 3 heterocycles. The lowest BCUT2D eigenvalue weighted by molar-refractivity contribution is 0.101. The smallest absolute Gasteiger partial charge is 0.225 e. The maximum absolute atomic E-state index is 15.0. The Bertz CT molecular complexity index is 1250. The van der Waals surface area contributed by atoms with E-state index in [-0.39, 0.29) is 17.6 Å². The van der Waals surface area contributed by atoms with Gasteiger partial charge in [-0.05, 0) is 69.4 Å². The van der Waals surface area contributed by atoms with Crippen LogP contribution in [0.4, 0.5) is 10.3 Å². The number of aryl methyl sites for hydroxylation is 1. The summed E-state index contributed by atoms with van der Waals surface area (Å²) >= 11 is 0. The topological polar surface area (TPSA) is 76.8 Å². The first-order chi connectivity index (χ1) is 16.3. The SMILES string of the molecule is C=Cc1c(/C=C(\C)c2ccc(C(C)=O)c(C)c2F)nnn1C1CCN(c2ncc(C)cn2)CC1. The van der Waals surface area contributed by atoms with Crippen LogP contribution in [-0.2, 0) is 0 Å². The van der Waals surface area contributed by atoms with Crippen LogP contribution in [0.25, 0.3) is 17.7 Å². The maximum Gasteiger partial charge on any atom is 0.225 e. The fourth-order valence-electron chi connectivity index (χ4n) is 4.40. The lowest BCUT2D eigenvalue weighted by atomic mass is 9.97. The van der Waals surface area contributed by atoms with Gasteiger partial charge in [0.15, 0.2) is 5.78 Å². The minimum atomic E-state index is -0.389. The van der Waals surface area contributed by atoms with E-state index in [1.54, 1.807) is 25.1 Å². The molecule has 34 heavy (non-hydrogen) atoms. The van der Waals surface area contributed by atoms with Gasteiger partial charge < -0.3 is 4.90 Å². The van der Waals surface area contributed by atoms with Gasteiger partial charge in [0.2, 0.25) is 5.95 Å². The number of hydrogen-bond donors (Lipinski definition) is 0. The summed E-state index contributed by atoms with van der Waals surface area (Å²) in [7, 11) is 0. The minimum Gasteiger partial charge on any atom is -0.341 e. The number of allylic oxidation sites excluding steroid dienone is 1.